The molecular formula is C41H24N6. The zero-order valence-corrected chi connectivity index (χ0v) is 25.0. The van der Waals surface area contributed by atoms with Gasteiger partial charge in [-0.15, -0.1) is 0 Å². The lowest BCUT2D eigenvalue weighted by atomic mass is 9.99. The van der Waals surface area contributed by atoms with Crippen LogP contribution < -0.4 is 0 Å². The molecule has 0 fully saturated rings. The highest BCUT2D eigenvalue weighted by Gasteiger charge is 2.16. The standard InChI is InChI=1S/C41H24N6/c42-25-27-18-19-38-36(22-27)35-16-7-8-17-37(35)47(38)34-15-9-14-31(24-34)32-20-28(26-43)21-33(23-32)41-45-39(29-10-3-1-4-11-29)44-40(46-41)30-12-5-2-6-13-30/h1-24H. The van der Waals surface area contributed by atoms with Crippen LogP contribution in [0.1, 0.15) is 11.1 Å². The van der Waals surface area contributed by atoms with Crippen LogP contribution in [0, 0.1) is 22.7 Å². The molecule has 0 N–H and O–H groups in total. The third kappa shape index (κ3) is 5.07. The van der Waals surface area contributed by atoms with Gasteiger partial charge in [-0.1, -0.05) is 91.0 Å². The average molecular weight is 601 g/mol. The molecule has 0 aliphatic heterocycles. The molecule has 0 aliphatic carbocycles. The van der Waals surface area contributed by atoms with Crippen LogP contribution in [0.2, 0.25) is 0 Å². The first-order valence-electron chi connectivity index (χ1n) is 15.1. The van der Waals surface area contributed by atoms with Crippen molar-refractivity contribution in [1.82, 2.24) is 19.5 Å². The molecule has 0 saturated carbocycles. The van der Waals surface area contributed by atoms with Crippen LogP contribution in [0.3, 0.4) is 0 Å². The third-order valence-corrected chi connectivity index (χ3v) is 8.26. The fraction of sp³-hybridized carbons (Fsp3) is 0. The maximum absolute atomic E-state index is 10.1. The van der Waals surface area contributed by atoms with E-state index in [1.165, 1.54) is 0 Å². The van der Waals surface area contributed by atoms with Crippen molar-refractivity contribution >= 4 is 21.8 Å². The number of hydrogen-bond donors (Lipinski definition) is 0. The number of nitriles is 2. The summed E-state index contributed by atoms with van der Waals surface area (Å²) in [5.41, 5.74) is 8.47. The van der Waals surface area contributed by atoms with Gasteiger partial charge in [0.1, 0.15) is 0 Å². The number of benzene rings is 6. The van der Waals surface area contributed by atoms with Gasteiger partial charge >= 0.3 is 0 Å². The van der Waals surface area contributed by atoms with Gasteiger partial charge in [-0.3, -0.25) is 0 Å². The lowest BCUT2D eigenvalue weighted by Crippen LogP contribution is -2.00. The second kappa shape index (κ2) is 11.6. The van der Waals surface area contributed by atoms with Crippen molar-refractivity contribution < 1.29 is 0 Å². The Labute approximate surface area is 271 Å². The number of aromatic nitrogens is 4. The van der Waals surface area contributed by atoms with Crippen molar-refractivity contribution in [2.24, 2.45) is 0 Å². The Morgan fingerprint density at radius 2 is 0.979 bits per heavy atom. The van der Waals surface area contributed by atoms with Crippen molar-refractivity contribution in [1.29, 1.82) is 10.5 Å². The zero-order valence-electron chi connectivity index (χ0n) is 25.0. The minimum absolute atomic E-state index is 0.489. The van der Waals surface area contributed by atoms with E-state index in [9.17, 15) is 10.5 Å². The number of nitrogens with zero attached hydrogens (tertiary/aromatic N) is 6. The van der Waals surface area contributed by atoms with E-state index in [0.717, 1.165) is 55.3 Å². The summed E-state index contributed by atoms with van der Waals surface area (Å²) in [6, 6.07) is 52.3. The summed E-state index contributed by atoms with van der Waals surface area (Å²) in [5, 5.41) is 21.8. The Morgan fingerprint density at radius 3 is 1.66 bits per heavy atom. The Morgan fingerprint density at radius 1 is 0.404 bits per heavy atom. The zero-order chi connectivity index (χ0) is 31.7. The van der Waals surface area contributed by atoms with Crippen molar-refractivity contribution in [3.8, 4) is 63.1 Å². The van der Waals surface area contributed by atoms with Crippen molar-refractivity contribution in [3.63, 3.8) is 0 Å². The molecule has 0 spiro atoms. The van der Waals surface area contributed by atoms with E-state index in [1.54, 1.807) is 0 Å². The summed E-state index contributed by atoms with van der Waals surface area (Å²) in [4.78, 5) is 14.6. The number of rotatable bonds is 5. The molecule has 0 aliphatic rings. The molecule has 2 aromatic heterocycles. The van der Waals surface area contributed by atoms with E-state index in [1.807, 2.05) is 121 Å². The molecule has 0 radical (unpaired) electrons. The smallest absolute Gasteiger partial charge is 0.164 e. The number of para-hydroxylation sites is 1. The first-order chi connectivity index (χ1) is 23.2. The van der Waals surface area contributed by atoms with E-state index in [4.69, 9.17) is 15.0 Å². The van der Waals surface area contributed by atoms with Crippen LogP contribution in [0.4, 0.5) is 0 Å². The molecule has 8 rings (SSSR count). The van der Waals surface area contributed by atoms with Crippen LogP contribution in [-0.2, 0) is 0 Å². The molecule has 47 heavy (non-hydrogen) atoms. The van der Waals surface area contributed by atoms with Gasteiger partial charge in [-0.05, 0) is 65.7 Å². The Kier molecular flexibility index (Phi) is 6.80. The van der Waals surface area contributed by atoms with E-state index in [-0.39, 0.29) is 0 Å². The quantitative estimate of drug-likeness (QED) is 0.196. The van der Waals surface area contributed by atoms with Crippen LogP contribution in [0.5, 0.6) is 0 Å². The van der Waals surface area contributed by atoms with Crippen LogP contribution in [0.25, 0.3) is 72.8 Å². The maximum atomic E-state index is 10.1. The van der Waals surface area contributed by atoms with E-state index < -0.39 is 0 Å². The summed E-state index contributed by atoms with van der Waals surface area (Å²) >= 11 is 0. The van der Waals surface area contributed by atoms with E-state index in [0.29, 0.717) is 28.6 Å². The number of fused-ring (bicyclic) bond motifs is 3. The molecule has 0 bridgehead atoms. The van der Waals surface area contributed by atoms with Crippen molar-refractivity contribution in [3.05, 3.63) is 157 Å². The molecule has 6 aromatic carbocycles. The van der Waals surface area contributed by atoms with Crippen LogP contribution >= 0.6 is 0 Å². The van der Waals surface area contributed by atoms with Crippen molar-refractivity contribution in [2.75, 3.05) is 0 Å². The third-order valence-electron chi connectivity index (χ3n) is 8.26. The first-order valence-corrected chi connectivity index (χ1v) is 15.1. The fourth-order valence-corrected chi connectivity index (χ4v) is 6.07. The highest BCUT2D eigenvalue weighted by atomic mass is 15.0. The van der Waals surface area contributed by atoms with E-state index >= 15 is 0 Å². The van der Waals surface area contributed by atoms with Gasteiger partial charge < -0.3 is 4.57 Å². The molecule has 0 unspecified atom stereocenters. The maximum Gasteiger partial charge on any atom is 0.164 e. The lowest BCUT2D eigenvalue weighted by Gasteiger charge is -2.12. The number of hydrogen-bond acceptors (Lipinski definition) is 5. The molecule has 0 amide bonds. The normalized spacial score (nSPS) is 10.9. The SMILES string of the molecule is N#Cc1cc(-c2cccc(-n3c4ccccc4c4cc(C#N)ccc43)c2)cc(-c2nc(-c3ccccc3)nc(-c3ccccc3)n2)c1. The summed E-state index contributed by atoms with van der Waals surface area (Å²) in [6.07, 6.45) is 0. The second-order valence-electron chi connectivity index (χ2n) is 11.2. The molecule has 6 heteroatoms. The molecule has 6 nitrogen and oxygen atoms in total. The molecule has 0 saturated heterocycles. The molecule has 218 valence electrons. The van der Waals surface area contributed by atoms with Gasteiger partial charge in [0.2, 0.25) is 0 Å². The van der Waals surface area contributed by atoms with Crippen molar-refractivity contribution in [2.45, 2.75) is 0 Å². The molecule has 2 heterocycles. The summed E-state index contributed by atoms with van der Waals surface area (Å²) in [6.45, 7) is 0. The summed E-state index contributed by atoms with van der Waals surface area (Å²) in [5.74, 6) is 1.61. The fourth-order valence-electron chi connectivity index (χ4n) is 6.07. The summed E-state index contributed by atoms with van der Waals surface area (Å²) in [7, 11) is 0. The van der Waals surface area contributed by atoms with Gasteiger partial charge in [-0.2, -0.15) is 10.5 Å². The molecule has 0 atom stereocenters. The Bertz CT molecular complexity index is 2480. The monoisotopic (exact) mass is 600 g/mol. The van der Waals surface area contributed by atoms with Gasteiger partial charge in [-0.25, -0.2) is 15.0 Å². The minimum Gasteiger partial charge on any atom is -0.309 e. The summed E-state index contributed by atoms with van der Waals surface area (Å²) < 4.78 is 2.22. The van der Waals surface area contributed by atoms with Gasteiger partial charge in [0, 0.05) is 33.2 Å². The predicted octanol–water partition coefficient (Wildman–Crippen LogP) is 9.38. The van der Waals surface area contributed by atoms with E-state index in [2.05, 4.69) is 41.0 Å². The van der Waals surface area contributed by atoms with Gasteiger partial charge in [0.15, 0.2) is 17.5 Å². The van der Waals surface area contributed by atoms with Gasteiger partial charge in [0.05, 0.1) is 34.3 Å². The minimum atomic E-state index is 0.489. The highest BCUT2D eigenvalue weighted by molar-refractivity contribution is 6.09. The Balaban J connectivity index is 1.29. The van der Waals surface area contributed by atoms with Crippen LogP contribution in [-0.4, -0.2) is 19.5 Å². The average Bonchev–Trinajstić information content (AvgIpc) is 3.49. The topological polar surface area (TPSA) is 91.2 Å². The largest absolute Gasteiger partial charge is 0.309 e. The molecular weight excluding hydrogens is 576 g/mol. The second-order valence-corrected chi connectivity index (χ2v) is 11.2. The highest BCUT2D eigenvalue weighted by Crippen LogP contribution is 2.35. The van der Waals surface area contributed by atoms with Gasteiger partial charge in [0.25, 0.3) is 0 Å². The molecule has 8 aromatic rings. The lowest BCUT2D eigenvalue weighted by molar-refractivity contribution is 1.07. The van der Waals surface area contributed by atoms with Crippen LogP contribution in [0.15, 0.2) is 146 Å². The predicted molar refractivity (Wildman–Crippen MR) is 185 cm³/mol. The first kappa shape index (κ1) is 27.6. The Hall–Kier alpha value is -6.89.